The molecular weight excluding hydrogens is 214 g/mol. The average molecular weight is 234 g/mol. The highest BCUT2D eigenvalue weighted by atomic mass is 79.9. The second-order valence-corrected chi connectivity index (χ2v) is 4.35. The number of hydrogen-bond acceptors (Lipinski definition) is 1. The first-order valence-electron chi connectivity index (χ1n) is 4.51. The van der Waals surface area contributed by atoms with Gasteiger partial charge in [0.15, 0.2) is 0 Å². The largest absolute Gasteiger partial charge is 0.296 e. The maximum Gasteiger partial charge on any atom is 0.0168 e. The summed E-state index contributed by atoms with van der Waals surface area (Å²) in [6, 6.07) is 0.637. The number of nitrogens with zero attached hydrogens (tertiary/aromatic N) is 1. The fraction of sp³-hybridized carbons (Fsp3) is 0.800. The molecule has 0 bridgehead atoms. The Kier molecular flexibility index (Phi) is 6.77. The van der Waals surface area contributed by atoms with Crippen LogP contribution in [0.3, 0.4) is 0 Å². The van der Waals surface area contributed by atoms with Crippen LogP contribution in [-0.4, -0.2) is 29.4 Å². The molecule has 0 aliphatic rings. The second kappa shape index (κ2) is 6.67. The molecule has 0 amide bonds. The summed E-state index contributed by atoms with van der Waals surface area (Å²) in [7, 11) is 0. The molecule has 0 fully saturated rings. The van der Waals surface area contributed by atoms with Gasteiger partial charge in [0.2, 0.25) is 0 Å². The number of alkyl halides is 1. The first kappa shape index (κ1) is 12.2. The molecule has 12 heavy (non-hydrogen) atoms. The van der Waals surface area contributed by atoms with E-state index in [1.165, 1.54) is 5.57 Å². The van der Waals surface area contributed by atoms with Crippen LogP contribution in [0, 0.1) is 0 Å². The van der Waals surface area contributed by atoms with Crippen LogP contribution >= 0.6 is 15.9 Å². The van der Waals surface area contributed by atoms with Crippen LogP contribution in [0.1, 0.15) is 27.7 Å². The molecule has 0 saturated heterocycles. The summed E-state index contributed by atoms with van der Waals surface area (Å²) in [5, 5.41) is 1.06. The Morgan fingerprint density at radius 2 is 2.00 bits per heavy atom. The van der Waals surface area contributed by atoms with E-state index in [2.05, 4.69) is 54.6 Å². The molecule has 0 saturated carbocycles. The molecule has 0 aliphatic heterocycles. The molecule has 2 heteroatoms. The Balaban J connectivity index is 3.87. The van der Waals surface area contributed by atoms with Gasteiger partial charge in [-0.25, -0.2) is 0 Å². The van der Waals surface area contributed by atoms with Crippen LogP contribution < -0.4 is 0 Å². The number of allylic oxidation sites excluding steroid dienone is 1. The standard InChI is InChI=1S/C10H20BrN/c1-9(2)5-7-12(8-6-11)10(3)4/h5,10H,6-8H2,1-4H3. The van der Waals surface area contributed by atoms with E-state index in [4.69, 9.17) is 0 Å². The van der Waals surface area contributed by atoms with E-state index in [-0.39, 0.29) is 0 Å². The van der Waals surface area contributed by atoms with Gasteiger partial charge in [0.25, 0.3) is 0 Å². The molecule has 1 nitrogen and oxygen atoms in total. The predicted octanol–water partition coefficient (Wildman–Crippen LogP) is 3.06. The molecule has 0 aromatic heterocycles. The van der Waals surface area contributed by atoms with Crippen molar-refractivity contribution in [2.45, 2.75) is 33.7 Å². The Hall–Kier alpha value is 0.180. The van der Waals surface area contributed by atoms with Gasteiger partial charge in [0.05, 0.1) is 0 Å². The van der Waals surface area contributed by atoms with E-state index in [9.17, 15) is 0 Å². The van der Waals surface area contributed by atoms with Crippen molar-refractivity contribution >= 4 is 15.9 Å². The van der Waals surface area contributed by atoms with Crippen molar-refractivity contribution in [3.8, 4) is 0 Å². The zero-order valence-electron chi connectivity index (χ0n) is 8.60. The minimum absolute atomic E-state index is 0.637. The molecule has 0 aliphatic carbocycles. The molecule has 72 valence electrons. The summed E-state index contributed by atoms with van der Waals surface area (Å²) < 4.78 is 0. The molecule has 0 rings (SSSR count). The molecule has 0 atom stereocenters. The monoisotopic (exact) mass is 233 g/mol. The lowest BCUT2D eigenvalue weighted by Gasteiger charge is -2.24. The van der Waals surface area contributed by atoms with Crippen molar-refractivity contribution in [2.75, 3.05) is 18.4 Å². The summed E-state index contributed by atoms with van der Waals surface area (Å²) in [5.41, 5.74) is 1.40. The lowest BCUT2D eigenvalue weighted by molar-refractivity contribution is 0.262. The molecule has 0 spiro atoms. The third-order valence-corrected chi connectivity index (χ3v) is 2.19. The molecule has 0 aromatic carbocycles. The lowest BCUT2D eigenvalue weighted by Crippen LogP contribution is -2.32. The Labute approximate surface area is 85.0 Å². The van der Waals surface area contributed by atoms with Crippen LogP contribution in [0.2, 0.25) is 0 Å². The van der Waals surface area contributed by atoms with Gasteiger partial charge in [0.1, 0.15) is 0 Å². The Bertz CT molecular complexity index is 137. The summed E-state index contributed by atoms with van der Waals surface area (Å²) in [5.74, 6) is 0. The predicted molar refractivity (Wildman–Crippen MR) is 59.9 cm³/mol. The quantitative estimate of drug-likeness (QED) is 0.522. The minimum Gasteiger partial charge on any atom is -0.296 e. The molecule has 0 N–H and O–H groups in total. The Morgan fingerprint density at radius 1 is 1.42 bits per heavy atom. The molecule has 0 heterocycles. The normalized spacial score (nSPS) is 10.9. The van der Waals surface area contributed by atoms with Gasteiger partial charge in [-0.05, 0) is 27.7 Å². The van der Waals surface area contributed by atoms with E-state index < -0.39 is 0 Å². The minimum atomic E-state index is 0.637. The topological polar surface area (TPSA) is 3.24 Å². The van der Waals surface area contributed by atoms with Gasteiger partial charge in [-0.15, -0.1) is 0 Å². The van der Waals surface area contributed by atoms with Gasteiger partial charge in [0, 0.05) is 24.5 Å². The van der Waals surface area contributed by atoms with Crippen molar-refractivity contribution in [1.82, 2.24) is 4.90 Å². The van der Waals surface area contributed by atoms with Crippen molar-refractivity contribution < 1.29 is 0 Å². The highest BCUT2D eigenvalue weighted by Gasteiger charge is 2.05. The molecule has 0 unspecified atom stereocenters. The number of hydrogen-bond donors (Lipinski definition) is 0. The van der Waals surface area contributed by atoms with Crippen molar-refractivity contribution in [2.24, 2.45) is 0 Å². The van der Waals surface area contributed by atoms with Crippen LogP contribution in [0.4, 0.5) is 0 Å². The van der Waals surface area contributed by atoms with Crippen molar-refractivity contribution in [3.05, 3.63) is 11.6 Å². The SMILES string of the molecule is CC(C)=CCN(CCBr)C(C)C. The summed E-state index contributed by atoms with van der Waals surface area (Å²) in [4.78, 5) is 2.45. The highest BCUT2D eigenvalue weighted by molar-refractivity contribution is 9.09. The van der Waals surface area contributed by atoms with Gasteiger partial charge in [-0.2, -0.15) is 0 Å². The average Bonchev–Trinajstić information content (AvgIpc) is 1.96. The fourth-order valence-corrected chi connectivity index (χ4v) is 1.42. The Morgan fingerprint density at radius 3 is 2.33 bits per heavy atom. The molecule has 0 radical (unpaired) electrons. The van der Waals surface area contributed by atoms with E-state index in [0.29, 0.717) is 6.04 Å². The van der Waals surface area contributed by atoms with Crippen LogP contribution in [-0.2, 0) is 0 Å². The number of halogens is 1. The zero-order chi connectivity index (χ0) is 9.56. The zero-order valence-corrected chi connectivity index (χ0v) is 10.2. The van der Waals surface area contributed by atoms with Crippen LogP contribution in [0.15, 0.2) is 11.6 Å². The third-order valence-electron chi connectivity index (χ3n) is 1.84. The van der Waals surface area contributed by atoms with Gasteiger partial charge in [-0.3, -0.25) is 4.90 Å². The van der Waals surface area contributed by atoms with Crippen LogP contribution in [0.25, 0.3) is 0 Å². The fourth-order valence-electron chi connectivity index (χ4n) is 0.969. The molecular formula is C10H20BrN. The van der Waals surface area contributed by atoms with E-state index in [0.717, 1.165) is 18.4 Å². The van der Waals surface area contributed by atoms with Crippen molar-refractivity contribution in [1.29, 1.82) is 0 Å². The van der Waals surface area contributed by atoms with E-state index >= 15 is 0 Å². The maximum atomic E-state index is 3.46. The summed E-state index contributed by atoms with van der Waals surface area (Å²) in [6.07, 6.45) is 2.28. The highest BCUT2D eigenvalue weighted by Crippen LogP contribution is 2.00. The van der Waals surface area contributed by atoms with Gasteiger partial charge >= 0.3 is 0 Å². The smallest absolute Gasteiger partial charge is 0.0168 e. The summed E-state index contributed by atoms with van der Waals surface area (Å²) >= 11 is 3.46. The summed E-state index contributed by atoms with van der Waals surface area (Å²) in [6.45, 7) is 11.0. The number of rotatable bonds is 5. The van der Waals surface area contributed by atoms with E-state index in [1.54, 1.807) is 0 Å². The first-order chi connectivity index (χ1) is 5.57. The van der Waals surface area contributed by atoms with E-state index in [1.807, 2.05) is 0 Å². The second-order valence-electron chi connectivity index (χ2n) is 3.56. The van der Waals surface area contributed by atoms with Gasteiger partial charge < -0.3 is 0 Å². The lowest BCUT2D eigenvalue weighted by atomic mass is 10.2. The van der Waals surface area contributed by atoms with Crippen molar-refractivity contribution in [3.63, 3.8) is 0 Å². The maximum absolute atomic E-state index is 3.46. The van der Waals surface area contributed by atoms with Gasteiger partial charge in [-0.1, -0.05) is 27.6 Å². The van der Waals surface area contributed by atoms with Crippen LogP contribution in [0.5, 0.6) is 0 Å². The molecule has 0 aromatic rings. The first-order valence-corrected chi connectivity index (χ1v) is 5.63. The third kappa shape index (κ3) is 5.78.